The standard InChI is InChI=1S/C22H37NO3/c1-4-6-8-9-10-11-12-13-15-18-21(25)19(23-16-14-7-5-2)17-20(24)22(18)26-3/h17,23H,4-16H2,1-3H3. The third kappa shape index (κ3) is 7.76. The molecule has 0 unspecified atom stereocenters. The van der Waals surface area contributed by atoms with Crippen LogP contribution in [-0.4, -0.2) is 25.2 Å². The van der Waals surface area contributed by atoms with Crippen molar-refractivity contribution in [3.8, 4) is 0 Å². The average molecular weight is 364 g/mol. The number of methoxy groups -OCH3 is 1. The van der Waals surface area contributed by atoms with Crippen LogP contribution >= 0.6 is 0 Å². The Labute approximate surface area is 159 Å². The average Bonchev–Trinajstić information content (AvgIpc) is 2.64. The number of nitrogens with one attached hydrogen (secondary N) is 1. The molecule has 26 heavy (non-hydrogen) atoms. The van der Waals surface area contributed by atoms with E-state index in [0.29, 0.717) is 17.7 Å². The van der Waals surface area contributed by atoms with Gasteiger partial charge in [0, 0.05) is 18.2 Å². The highest BCUT2D eigenvalue weighted by atomic mass is 16.5. The predicted molar refractivity (Wildman–Crippen MR) is 107 cm³/mol. The van der Waals surface area contributed by atoms with E-state index < -0.39 is 0 Å². The van der Waals surface area contributed by atoms with Crippen LogP contribution < -0.4 is 5.32 Å². The topological polar surface area (TPSA) is 55.4 Å². The number of carbonyl (C=O) groups excluding carboxylic acids is 2. The van der Waals surface area contributed by atoms with Gasteiger partial charge in [0.15, 0.2) is 5.76 Å². The van der Waals surface area contributed by atoms with Crippen LogP contribution in [0.25, 0.3) is 0 Å². The highest BCUT2D eigenvalue weighted by molar-refractivity contribution is 6.21. The summed E-state index contributed by atoms with van der Waals surface area (Å²) in [5.74, 6) is -0.0300. The van der Waals surface area contributed by atoms with Gasteiger partial charge in [0.25, 0.3) is 0 Å². The molecule has 0 aromatic heterocycles. The summed E-state index contributed by atoms with van der Waals surface area (Å²) >= 11 is 0. The van der Waals surface area contributed by atoms with Crippen LogP contribution in [-0.2, 0) is 14.3 Å². The van der Waals surface area contributed by atoms with Crippen LogP contribution in [0.1, 0.15) is 90.9 Å². The SMILES string of the molecule is CCCCCCCCCCC1=C(OC)C(=O)C=C(NCCCCC)C1=O. The summed E-state index contributed by atoms with van der Waals surface area (Å²) in [5, 5.41) is 3.14. The molecule has 0 aliphatic heterocycles. The Morgan fingerprint density at radius 3 is 2.04 bits per heavy atom. The summed E-state index contributed by atoms with van der Waals surface area (Å²) in [6.07, 6.45) is 14.9. The molecule has 0 heterocycles. The zero-order valence-electron chi connectivity index (χ0n) is 17.0. The fourth-order valence-corrected chi connectivity index (χ4v) is 3.29. The second-order valence-corrected chi connectivity index (χ2v) is 7.12. The maximum Gasteiger partial charge on any atom is 0.222 e. The van der Waals surface area contributed by atoms with Gasteiger partial charge in [0.1, 0.15) is 0 Å². The van der Waals surface area contributed by atoms with Crippen molar-refractivity contribution in [3.05, 3.63) is 23.1 Å². The molecule has 0 amide bonds. The number of hydrogen-bond acceptors (Lipinski definition) is 4. The van der Waals surface area contributed by atoms with Gasteiger partial charge in [0.2, 0.25) is 11.6 Å². The van der Waals surface area contributed by atoms with E-state index in [0.717, 1.165) is 38.6 Å². The summed E-state index contributed by atoms with van der Waals surface area (Å²) in [6, 6.07) is 0. The third-order valence-electron chi connectivity index (χ3n) is 4.87. The van der Waals surface area contributed by atoms with E-state index in [4.69, 9.17) is 4.74 Å². The van der Waals surface area contributed by atoms with Crippen molar-refractivity contribution in [1.82, 2.24) is 5.32 Å². The van der Waals surface area contributed by atoms with Gasteiger partial charge >= 0.3 is 0 Å². The van der Waals surface area contributed by atoms with E-state index in [1.54, 1.807) is 0 Å². The Morgan fingerprint density at radius 1 is 0.846 bits per heavy atom. The summed E-state index contributed by atoms with van der Waals surface area (Å²) in [6.45, 7) is 5.10. The summed E-state index contributed by atoms with van der Waals surface area (Å²) in [7, 11) is 1.47. The van der Waals surface area contributed by atoms with E-state index in [-0.39, 0.29) is 17.3 Å². The molecule has 0 aromatic rings. The van der Waals surface area contributed by atoms with Crippen molar-refractivity contribution in [3.63, 3.8) is 0 Å². The first-order valence-electron chi connectivity index (χ1n) is 10.5. The summed E-state index contributed by atoms with van der Waals surface area (Å²) in [4.78, 5) is 25.0. The highest BCUT2D eigenvalue weighted by Gasteiger charge is 2.28. The number of Topliss-reactive ketones (excluding diaryl/α,β-unsaturated/α-hetero) is 1. The van der Waals surface area contributed by atoms with Gasteiger partial charge in [0.05, 0.1) is 12.8 Å². The van der Waals surface area contributed by atoms with Crippen LogP contribution in [0.15, 0.2) is 23.1 Å². The lowest BCUT2D eigenvalue weighted by atomic mass is 9.93. The minimum absolute atomic E-state index is 0.0686. The van der Waals surface area contributed by atoms with Crippen molar-refractivity contribution in [2.75, 3.05) is 13.7 Å². The Bertz CT molecular complexity index is 506. The molecule has 1 rings (SSSR count). The van der Waals surface area contributed by atoms with E-state index in [1.807, 2.05) is 0 Å². The molecule has 0 aromatic carbocycles. The van der Waals surface area contributed by atoms with Crippen molar-refractivity contribution >= 4 is 11.6 Å². The maximum absolute atomic E-state index is 12.7. The molecule has 148 valence electrons. The predicted octanol–water partition coefficient (Wildman–Crippen LogP) is 5.23. The molecule has 4 heteroatoms. The van der Waals surface area contributed by atoms with Crippen LogP contribution in [0.2, 0.25) is 0 Å². The number of carbonyl (C=O) groups is 2. The highest BCUT2D eigenvalue weighted by Crippen LogP contribution is 2.24. The number of ether oxygens (including phenoxy) is 1. The Morgan fingerprint density at radius 2 is 1.42 bits per heavy atom. The van der Waals surface area contributed by atoms with Gasteiger partial charge in [-0.2, -0.15) is 0 Å². The lowest BCUT2D eigenvalue weighted by Crippen LogP contribution is -2.29. The molecule has 1 aliphatic rings. The van der Waals surface area contributed by atoms with Crippen molar-refractivity contribution in [1.29, 1.82) is 0 Å². The normalized spacial score (nSPS) is 14.7. The molecule has 0 spiro atoms. The smallest absolute Gasteiger partial charge is 0.222 e. The molecular formula is C22H37NO3. The first kappa shape index (κ1) is 22.5. The lowest BCUT2D eigenvalue weighted by Gasteiger charge is -2.19. The first-order valence-corrected chi connectivity index (χ1v) is 10.5. The van der Waals surface area contributed by atoms with Crippen molar-refractivity contribution in [2.24, 2.45) is 0 Å². The molecule has 0 bridgehead atoms. The number of rotatable bonds is 15. The maximum atomic E-state index is 12.7. The second-order valence-electron chi connectivity index (χ2n) is 7.12. The molecule has 1 N–H and O–H groups in total. The lowest BCUT2D eigenvalue weighted by molar-refractivity contribution is -0.118. The van der Waals surface area contributed by atoms with Gasteiger partial charge in [-0.25, -0.2) is 0 Å². The van der Waals surface area contributed by atoms with Gasteiger partial charge in [-0.05, 0) is 19.3 Å². The minimum Gasteiger partial charge on any atom is -0.492 e. The van der Waals surface area contributed by atoms with Crippen LogP contribution in [0.3, 0.4) is 0 Å². The fourth-order valence-electron chi connectivity index (χ4n) is 3.29. The van der Waals surface area contributed by atoms with Crippen molar-refractivity contribution in [2.45, 2.75) is 90.9 Å². The molecular weight excluding hydrogens is 326 g/mol. The second kappa shape index (κ2) is 13.6. The summed E-state index contributed by atoms with van der Waals surface area (Å²) in [5.41, 5.74) is 0.977. The van der Waals surface area contributed by atoms with Crippen LogP contribution in [0.5, 0.6) is 0 Å². The Kier molecular flexibility index (Phi) is 11.7. The third-order valence-corrected chi connectivity index (χ3v) is 4.87. The van der Waals surface area contributed by atoms with Gasteiger partial charge in [-0.15, -0.1) is 0 Å². The molecule has 0 atom stereocenters. The molecule has 4 nitrogen and oxygen atoms in total. The van der Waals surface area contributed by atoms with Gasteiger partial charge in [-0.3, -0.25) is 9.59 Å². The minimum atomic E-state index is -0.195. The molecule has 0 radical (unpaired) electrons. The van der Waals surface area contributed by atoms with Crippen LogP contribution in [0, 0.1) is 0 Å². The zero-order chi connectivity index (χ0) is 19.2. The van der Waals surface area contributed by atoms with Crippen molar-refractivity contribution < 1.29 is 14.3 Å². The van der Waals surface area contributed by atoms with Gasteiger partial charge < -0.3 is 10.1 Å². The Hall–Kier alpha value is -1.58. The van der Waals surface area contributed by atoms with E-state index >= 15 is 0 Å². The molecule has 0 saturated carbocycles. The number of hydrogen-bond donors (Lipinski definition) is 1. The van der Waals surface area contributed by atoms with E-state index in [2.05, 4.69) is 19.2 Å². The number of ketones is 2. The fraction of sp³-hybridized carbons (Fsp3) is 0.727. The molecule has 1 aliphatic carbocycles. The first-order chi connectivity index (χ1) is 12.7. The monoisotopic (exact) mass is 363 g/mol. The van der Waals surface area contributed by atoms with Crippen LogP contribution in [0.4, 0.5) is 0 Å². The largest absolute Gasteiger partial charge is 0.492 e. The summed E-state index contributed by atoms with van der Waals surface area (Å²) < 4.78 is 5.24. The Balaban J connectivity index is 2.47. The van der Waals surface area contributed by atoms with Gasteiger partial charge in [-0.1, -0.05) is 71.6 Å². The molecule has 0 saturated heterocycles. The van der Waals surface area contributed by atoms with E-state index in [1.165, 1.54) is 51.7 Å². The molecule has 0 fully saturated rings. The number of unbranched alkanes of at least 4 members (excludes halogenated alkanes) is 9. The zero-order valence-corrected chi connectivity index (χ0v) is 17.0. The number of allylic oxidation sites excluding steroid dienone is 2. The van der Waals surface area contributed by atoms with E-state index in [9.17, 15) is 9.59 Å². The quantitative estimate of drug-likeness (QED) is 0.319.